The minimum Gasteiger partial charge on any atom is -0.486 e. The summed E-state index contributed by atoms with van der Waals surface area (Å²) in [6.07, 6.45) is 1.47. The standard InChI is InChI=1S/C10H8ClNO3/c11-8-4-10-9(14-1-2-15-10)3-7(8)5-12-6-13/h3-4H,1-2,5H2. The summed E-state index contributed by atoms with van der Waals surface area (Å²) >= 11 is 5.97. The fraction of sp³-hybridized carbons (Fsp3) is 0.300. The summed E-state index contributed by atoms with van der Waals surface area (Å²) in [5.74, 6) is 1.27. The number of nitrogens with zero attached hydrogens (tertiary/aromatic N) is 1. The molecular formula is C10H8ClNO3. The number of ether oxygens (including phenoxy) is 2. The van der Waals surface area contributed by atoms with Crippen LogP contribution in [0.15, 0.2) is 17.1 Å². The van der Waals surface area contributed by atoms with Crippen molar-refractivity contribution in [3.63, 3.8) is 0 Å². The third-order valence-corrected chi connectivity index (χ3v) is 2.38. The fourth-order valence-corrected chi connectivity index (χ4v) is 1.56. The van der Waals surface area contributed by atoms with Crippen LogP contribution < -0.4 is 9.47 Å². The Kier molecular flexibility index (Phi) is 2.90. The van der Waals surface area contributed by atoms with Crippen molar-refractivity contribution in [2.45, 2.75) is 6.54 Å². The Morgan fingerprint density at radius 3 is 2.67 bits per heavy atom. The number of aliphatic imine (C=N–C) groups is 1. The van der Waals surface area contributed by atoms with Gasteiger partial charge in [0.1, 0.15) is 13.2 Å². The van der Waals surface area contributed by atoms with Crippen molar-refractivity contribution in [2.75, 3.05) is 13.2 Å². The van der Waals surface area contributed by atoms with Crippen LogP contribution in [0.4, 0.5) is 0 Å². The van der Waals surface area contributed by atoms with Crippen LogP contribution in [0.1, 0.15) is 5.56 Å². The molecule has 0 atom stereocenters. The maximum Gasteiger partial charge on any atom is 0.235 e. The topological polar surface area (TPSA) is 47.9 Å². The largest absolute Gasteiger partial charge is 0.486 e. The third kappa shape index (κ3) is 2.12. The molecule has 0 unspecified atom stereocenters. The van der Waals surface area contributed by atoms with E-state index in [4.69, 9.17) is 21.1 Å². The van der Waals surface area contributed by atoms with E-state index in [1.165, 1.54) is 6.08 Å². The molecule has 15 heavy (non-hydrogen) atoms. The predicted molar refractivity (Wildman–Crippen MR) is 54.3 cm³/mol. The summed E-state index contributed by atoms with van der Waals surface area (Å²) in [5.41, 5.74) is 0.726. The first kappa shape index (κ1) is 10.0. The molecule has 0 radical (unpaired) electrons. The van der Waals surface area contributed by atoms with Crippen LogP contribution >= 0.6 is 11.6 Å². The van der Waals surface area contributed by atoms with E-state index in [2.05, 4.69) is 4.99 Å². The number of hydrogen-bond acceptors (Lipinski definition) is 4. The highest BCUT2D eigenvalue weighted by molar-refractivity contribution is 6.31. The van der Waals surface area contributed by atoms with Crippen LogP contribution in [0.3, 0.4) is 0 Å². The Bertz CT molecular complexity index is 427. The van der Waals surface area contributed by atoms with E-state index in [1.807, 2.05) is 0 Å². The maximum absolute atomic E-state index is 9.99. The highest BCUT2D eigenvalue weighted by Crippen LogP contribution is 2.35. The molecule has 1 aromatic carbocycles. The second kappa shape index (κ2) is 4.34. The SMILES string of the molecule is O=C=NCc1cc2c(cc1Cl)OCCO2. The van der Waals surface area contributed by atoms with Crippen LogP contribution in [0, 0.1) is 0 Å². The lowest BCUT2D eigenvalue weighted by Crippen LogP contribution is -2.15. The summed E-state index contributed by atoms with van der Waals surface area (Å²) in [7, 11) is 0. The van der Waals surface area contributed by atoms with E-state index in [9.17, 15) is 4.79 Å². The van der Waals surface area contributed by atoms with Gasteiger partial charge in [-0.3, -0.25) is 0 Å². The number of hydrogen-bond donors (Lipinski definition) is 0. The second-order valence-corrected chi connectivity index (χ2v) is 3.40. The quantitative estimate of drug-likeness (QED) is 0.571. The minimum absolute atomic E-state index is 0.207. The number of isocyanates is 1. The van der Waals surface area contributed by atoms with Gasteiger partial charge in [0.25, 0.3) is 0 Å². The zero-order chi connectivity index (χ0) is 10.7. The van der Waals surface area contributed by atoms with Crippen molar-refractivity contribution in [3.8, 4) is 11.5 Å². The van der Waals surface area contributed by atoms with Crippen molar-refractivity contribution in [2.24, 2.45) is 4.99 Å². The predicted octanol–water partition coefficient (Wildman–Crippen LogP) is 1.95. The lowest BCUT2D eigenvalue weighted by Gasteiger charge is -2.19. The average Bonchev–Trinajstić information content (AvgIpc) is 2.26. The Morgan fingerprint density at radius 2 is 2.00 bits per heavy atom. The Morgan fingerprint density at radius 1 is 1.33 bits per heavy atom. The molecule has 0 N–H and O–H groups in total. The van der Waals surface area contributed by atoms with Gasteiger partial charge in [0, 0.05) is 11.1 Å². The summed E-state index contributed by atoms with van der Waals surface area (Å²) in [6, 6.07) is 3.41. The third-order valence-electron chi connectivity index (χ3n) is 2.03. The van der Waals surface area contributed by atoms with Gasteiger partial charge in [-0.15, -0.1) is 0 Å². The number of halogens is 1. The first-order chi connectivity index (χ1) is 7.31. The van der Waals surface area contributed by atoms with Crippen LogP contribution in [-0.2, 0) is 11.3 Å². The van der Waals surface area contributed by atoms with Crippen LogP contribution in [0.5, 0.6) is 11.5 Å². The van der Waals surface area contributed by atoms with E-state index in [0.29, 0.717) is 29.7 Å². The molecule has 2 rings (SSSR count). The summed E-state index contributed by atoms with van der Waals surface area (Å²) in [6.45, 7) is 1.25. The molecule has 0 spiro atoms. The number of carbonyl (C=O) groups excluding carboxylic acids is 1. The van der Waals surface area contributed by atoms with Gasteiger partial charge < -0.3 is 9.47 Å². The van der Waals surface area contributed by atoms with E-state index in [1.54, 1.807) is 12.1 Å². The van der Waals surface area contributed by atoms with Gasteiger partial charge in [-0.25, -0.2) is 9.79 Å². The first-order valence-corrected chi connectivity index (χ1v) is 4.80. The second-order valence-electron chi connectivity index (χ2n) is 2.99. The maximum atomic E-state index is 9.99. The molecule has 4 nitrogen and oxygen atoms in total. The highest BCUT2D eigenvalue weighted by Gasteiger charge is 2.14. The lowest BCUT2D eigenvalue weighted by atomic mass is 10.2. The van der Waals surface area contributed by atoms with Gasteiger partial charge in [-0.05, 0) is 11.6 Å². The molecule has 1 aromatic rings. The van der Waals surface area contributed by atoms with Crippen molar-refractivity contribution in [3.05, 3.63) is 22.7 Å². The molecule has 0 saturated carbocycles. The molecule has 0 aromatic heterocycles. The molecule has 1 aliphatic rings. The van der Waals surface area contributed by atoms with Crippen LogP contribution in [0.2, 0.25) is 5.02 Å². The normalized spacial score (nSPS) is 13.1. The van der Waals surface area contributed by atoms with Crippen LogP contribution in [-0.4, -0.2) is 19.3 Å². The fourth-order valence-electron chi connectivity index (χ4n) is 1.34. The zero-order valence-corrected chi connectivity index (χ0v) is 8.58. The van der Waals surface area contributed by atoms with Gasteiger partial charge in [0.15, 0.2) is 11.5 Å². The molecule has 0 bridgehead atoms. The minimum atomic E-state index is 0.207. The van der Waals surface area contributed by atoms with Gasteiger partial charge in [-0.1, -0.05) is 11.6 Å². The Hall–Kier alpha value is -1.51. The monoisotopic (exact) mass is 225 g/mol. The zero-order valence-electron chi connectivity index (χ0n) is 7.83. The molecule has 0 aliphatic carbocycles. The van der Waals surface area contributed by atoms with Crippen molar-refractivity contribution >= 4 is 17.7 Å². The molecule has 0 saturated heterocycles. The smallest absolute Gasteiger partial charge is 0.235 e. The van der Waals surface area contributed by atoms with Crippen molar-refractivity contribution in [1.29, 1.82) is 0 Å². The highest BCUT2D eigenvalue weighted by atomic mass is 35.5. The lowest BCUT2D eigenvalue weighted by molar-refractivity contribution is 0.171. The molecule has 0 amide bonds. The number of rotatable bonds is 2. The summed E-state index contributed by atoms with van der Waals surface area (Å²) < 4.78 is 10.7. The molecule has 1 aliphatic heterocycles. The van der Waals surface area contributed by atoms with E-state index >= 15 is 0 Å². The van der Waals surface area contributed by atoms with Crippen molar-refractivity contribution in [1.82, 2.24) is 0 Å². The molecular weight excluding hydrogens is 218 g/mol. The van der Waals surface area contributed by atoms with Gasteiger partial charge in [0.05, 0.1) is 6.54 Å². The van der Waals surface area contributed by atoms with Crippen LogP contribution in [0.25, 0.3) is 0 Å². The summed E-state index contributed by atoms with van der Waals surface area (Å²) in [4.78, 5) is 13.5. The van der Waals surface area contributed by atoms with Gasteiger partial charge in [0.2, 0.25) is 6.08 Å². The number of benzene rings is 1. The molecule has 1 heterocycles. The molecule has 5 heteroatoms. The first-order valence-electron chi connectivity index (χ1n) is 4.43. The molecule has 78 valence electrons. The average molecular weight is 226 g/mol. The van der Waals surface area contributed by atoms with Gasteiger partial charge in [-0.2, -0.15) is 0 Å². The Labute approximate surface area is 91.5 Å². The Balaban J connectivity index is 2.35. The molecule has 0 fully saturated rings. The summed E-state index contributed by atoms with van der Waals surface area (Å²) in [5, 5.41) is 0.512. The van der Waals surface area contributed by atoms with E-state index in [0.717, 1.165) is 5.56 Å². The van der Waals surface area contributed by atoms with Gasteiger partial charge >= 0.3 is 0 Å². The van der Waals surface area contributed by atoms with E-state index in [-0.39, 0.29) is 6.54 Å². The van der Waals surface area contributed by atoms with Crippen molar-refractivity contribution < 1.29 is 14.3 Å². The number of fused-ring (bicyclic) bond motifs is 1. The van der Waals surface area contributed by atoms with E-state index < -0.39 is 0 Å².